The molecule has 1 amide bonds. The van der Waals surface area contributed by atoms with E-state index in [1.54, 1.807) is 12.1 Å². The second-order valence-corrected chi connectivity index (χ2v) is 8.22. The molecule has 134 valence electrons. The van der Waals surface area contributed by atoms with Crippen LogP contribution in [0.5, 0.6) is 0 Å². The number of amides is 1. The van der Waals surface area contributed by atoms with E-state index < -0.39 is 10.0 Å². The number of benzene rings is 1. The minimum Gasteiger partial charge on any atom is -0.342 e. The monoisotopic (exact) mass is 356 g/mol. The molecule has 1 aliphatic rings. The van der Waals surface area contributed by atoms with Crippen LogP contribution >= 0.6 is 0 Å². The van der Waals surface area contributed by atoms with Crippen molar-refractivity contribution in [2.24, 2.45) is 11.1 Å². The first-order chi connectivity index (χ1) is 11.3. The number of piperidine rings is 1. The minimum atomic E-state index is -3.51. The summed E-state index contributed by atoms with van der Waals surface area (Å²) in [4.78, 5) is 14.0. The number of aryl methyl sites for hydroxylation is 1. The molecule has 1 atom stereocenters. The van der Waals surface area contributed by atoms with Crippen molar-refractivity contribution in [3.8, 4) is 0 Å². The number of sulfonamides is 1. The lowest BCUT2D eigenvalue weighted by molar-refractivity contribution is -0.133. The van der Waals surface area contributed by atoms with Gasteiger partial charge in [0.15, 0.2) is 0 Å². The molecule has 1 aliphatic heterocycles. The normalized spacial score (nSPS) is 18.6. The molecule has 1 aromatic rings. The Morgan fingerprint density at radius 2 is 2.17 bits per heavy atom. The van der Waals surface area contributed by atoms with Gasteiger partial charge in [-0.05, 0) is 55.7 Å². The van der Waals surface area contributed by atoms with Gasteiger partial charge < -0.3 is 4.90 Å². The van der Waals surface area contributed by atoms with Crippen LogP contribution in [0.1, 0.15) is 37.7 Å². The minimum absolute atomic E-state index is 0.00546. The summed E-state index contributed by atoms with van der Waals surface area (Å²) >= 11 is 0. The van der Waals surface area contributed by atoms with Gasteiger partial charge in [-0.1, -0.05) is 12.1 Å². The van der Waals surface area contributed by atoms with E-state index in [-0.39, 0.29) is 30.3 Å². The molecule has 1 heterocycles. The van der Waals surface area contributed by atoms with E-state index in [2.05, 4.69) is 0 Å². The van der Waals surface area contributed by atoms with E-state index in [9.17, 15) is 17.6 Å². The molecule has 0 bridgehead atoms. The fraction of sp³-hybridized carbons (Fsp3) is 0.588. The highest BCUT2D eigenvalue weighted by Crippen LogP contribution is 2.22. The summed E-state index contributed by atoms with van der Waals surface area (Å²) < 4.78 is 35.0. The third-order valence-corrected chi connectivity index (χ3v) is 5.28. The summed E-state index contributed by atoms with van der Waals surface area (Å²) in [5.74, 6) is 0.0244. The number of carbonyl (C=O) groups excluding carboxylic acids is 1. The number of hydrogen-bond acceptors (Lipinski definition) is 3. The number of halogens is 1. The summed E-state index contributed by atoms with van der Waals surface area (Å²) in [7, 11) is -3.51. The fourth-order valence-corrected chi connectivity index (χ4v) is 3.72. The maximum absolute atomic E-state index is 13.2. The van der Waals surface area contributed by atoms with Gasteiger partial charge in [-0.25, -0.2) is 17.9 Å². The number of primary sulfonamides is 1. The lowest BCUT2D eigenvalue weighted by atomic mass is 9.91. The number of carbonyl (C=O) groups is 1. The van der Waals surface area contributed by atoms with Crippen LogP contribution in [0, 0.1) is 11.7 Å². The van der Waals surface area contributed by atoms with Crippen LogP contribution in [0.25, 0.3) is 0 Å². The van der Waals surface area contributed by atoms with Gasteiger partial charge in [0.05, 0.1) is 5.75 Å². The first-order valence-electron chi connectivity index (χ1n) is 8.36. The molecule has 0 aromatic heterocycles. The number of hydrogen-bond donors (Lipinski definition) is 1. The number of rotatable bonds is 7. The zero-order chi connectivity index (χ0) is 17.6. The van der Waals surface area contributed by atoms with E-state index in [1.807, 2.05) is 11.0 Å². The largest absolute Gasteiger partial charge is 0.342 e. The second kappa shape index (κ2) is 8.58. The molecule has 1 unspecified atom stereocenters. The lowest BCUT2D eigenvalue weighted by Gasteiger charge is -2.33. The Bertz CT molecular complexity index is 664. The van der Waals surface area contributed by atoms with E-state index in [1.165, 1.54) is 6.07 Å². The Balaban J connectivity index is 1.77. The zero-order valence-corrected chi connectivity index (χ0v) is 14.6. The van der Waals surface area contributed by atoms with Crippen LogP contribution in [0.3, 0.4) is 0 Å². The topological polar surface area (TPSA) is 80.5 Å². The Kier molecular flexibility index (Phi) is 6.74. The van der Waals surface area contributed by atoms with Crippen molar-refractivity contribution in [1.29, 1.82) is 0 Å². The lowest BCUT2D eigenvalue weighted by Crippen LogP contribution is -2.40. The first-order valence-corrected chi connectivity index (χ1v) is 10.1. The van der Waals surface area contributed by atoms with Crippen LogP contribution in [0.15, 0.2) is 24.3 Å². The Hall–Kier alpha value is -1.47. The predicted octanol–water partition coefficient (Wildman–Crippen LogP) is 2.07. The van der Waals surface area contributed by atoms with Gasteiger partial charge in [0, 0.05) is 19.5 Å². The molecule has 0 saturated carbocycles. The molecule has 0 spiro atoms. The molecule has 2 rings (SSSR count). The summed E-state index contributed by atoms with van der Waals surface area (Å²) in [6.07, 6.45) is 4.22. The van der Waals surface area contributed by atoms with Crippen LogP contribution < -0.4 is 5.14 Å². The number of nitrogens with zero attached hydrogens (tertiary/aromatic N) is 1. The highest BCUT2D eigenvalue weighted by Gasteiger charge is 2.23. The van der Waals surface area contributed by atoms with Gasteiger partial charge in [0.25, 0.3) is 0 Å². The van der Waals surface area contributed by atoms with Crippen molar-refractivity contribution >= 4 is 15.9 Å². The average molecular weight is 356 g/mol. The first kappa shape index (κ1) is 18.9. The van der Waals surface area contributed by atoms with E-state index in [4.69, 9.17) is 5.14 Å². The molecular formula is C17H25FN2O3S. The van der Waals surface area contributed by atoms with Gasteiger partial charge in [-0.15, -0.1) is 0 Å². The van der Waals surface area contributed by atoms with Crippen LogP contribution in [0.2, 0.25) is 0 Å². The van der Waals surface area contributed by atoms with Crippen molar-refractivity contribution in [2.45, 2.75) is 38.5 Å². The van der Waals surface area contributed by atoms with Crippen molar-refractivity contribution in [3.63, 3.8) is 0 Å². The maximum Gasteiger partial charge on any atom is 0.222 e. The molecule has 5 nitrogen and oxygen atoms in total. The molecule has 1 saturated heterocycles. The summed E-state index contributed by atoms with van der Waals surface area (Å²) in [5, 5.41) is 4.95. The Morgan fingerprint density at radius 3 is 2.88 bits per heavy atom. The van der Waals surface area contributed by atoms with Crippen molar-refractivity contribution in [1.82, 2.24) is 4.90 Å². The number of nitrogens with two attached hydrogens (primary N) is 1. The molecule has 0 radical (unpaired) electrons. The van der Waals surface area contributed by atoms with Crippen LogP contribution in [0.4, 0.5) is 4.39 Å². The Labute approximate surface area is 143 Å². The van der Waals surface area contributed by atoms with Gasteiger partial charge >= 0.3 is 0 Å². The number of likely N-dealkylation sites (tertiary alicyclic amines) is 1. The highest BCUT2D eigenvalue weighted by molar-refractivity contribution is 7.89. The van der Waals surface area contributed by atoms with Crippen molar-refractivity contribution in [3.05, 3.63) is 35.6 Å². The molecule has 2 N–H and O–H groups in total. The van der Waals surface area contributed by atoms with Gasteiger partial charge in [-0.2, -0.15) is 0 Å². The summed E-state index contributed by atoms with van der Waals surface area (Å²) in [6.45, 7) is 1.42. The molecule has 24 heavy (non-hydrogen) atoms. The summed E-state index contributed by atoms with van der Waals surface area (Å²) in [6, 6.07) is 6.63. The van der Waals surface area contributed by atoms with Gasteiger partial charge in [-0.3, -0.25) is 4.79 Å². The van der Waals surface area contributed by atoms with E-state index in [0.29, 0.717) is 12.5 Å². The van der Waals surface area contributed by atoms with E-state index >= 15 is 0 Å². The standard InChI is InChI=1S/C17H25FN2O3S/c18-16-6-1-4-14(12-16)8-9-15-5-2-10-20(13-15)17(21)7-3-11-24(19,22)23/h1,4,6,12,15H,2-3,5,7-11,13H2,(H2,19,22,23). The van der Waals surface area contributed by atoms with Crippen LogP contribution in [-0.2, 0) is 21.2 Å². The smallest absolute Gasteiger partial charge is 0.222 e. The SMILES string of the molecule is NS(=O)(=O)CCCC(=O)N1CCCC(CCc2cccc(F)c2)C1. The fourth-order valence-electron chi connectivity index (χ4n) is 3.17. The molecule has 1 aromatic carbocycles. The molecule has 7 heteroatoms. The van der Waals surface area contributed by atoms with Crippen molar-refractivity contribution < 1.29 is 17.6 Å². The zero-order valence-electron chi connectivity index (χ0n) is 13.8. The third kappa shape index (κ3) is 6.57. The maximum atomic E-state index is 13.2. The quantitative estimate of drug-likeness (QED) is 0.812. The molecular weight excluding hydrogens is 331 g/mol. The van der Waals surface area contributed by atoms with Gasteiger partial charge in [0.2, 0.25) is 15.9 Å². The van der Waals surface area contributed by atoms with E-state index in [0.717, 1.165) is 37.8 Å². The Morgan fingerprint density at radius 1 is 1.38 bits per heavy atom. The average Bonchev–Trinajstić information content (AvgIpc) is 2.52. The third-order valence-electron chi connectivity index (χ3n) is 4.42. The predicted molar refractivity (Wildman–Crippen MR) is 91.2 cm³/mol. The summed E-state index contributed by atoms with van der Waals surface area (Å²) in [5.41, 5.74) is 0.978. The highest BCUT2D eigenvalue weighted by atomic mass is 32.2. The van der Waals surface area contributed by atoms with Gasteiger partial charge in [0.1, 0.15) is 5.82 Å². The molecule has 1 fully saturated rings. The van der Waals surface area contributed by atoms with Crippen LogP contribution in [-0.4, -0.2) is 38.1 Å². The van der Waals surface area contributed by atoms with Crippen molar-refractivity contribution in [2.75, 3.05) is 18.8 Å². The second-order valence-electron chi connectivity index (χ2n) is 6.49. The molecule has 0 aliphatic carbocycles.